The van der Waals surface area contributed by atoms with Crippen molar-refractivity contribution in [3.05, 3.63) is 75.0 Å². The van der Waals surface area contributed by atoms with E-state index in [1.54, 1.807) is 0 Å². The highest BCUT2D eigenvalue weighted by molar-refractivity contribution is 14.1. The molecule has 0 spiro atoms. The molecule has 0 aliphatic rings. The van der Waals surface area contributed by atoms with Crippen molar-refractivity contribution < 1.29 is 0 Å². The summed E-state index contributed by atoms with van der Waals surface area (Å²) >= 11 is 2.37. The van der Waals surface area contributed by atoms with Crippen molar-refractivity contribution in [1.82, 2.24) is 4.98 Å². The molecule has 1 aromatic heterocycles. The lowest BCUT2D eigenvalue weighted by atomic mass is 9.96. The van der Waals surface area contributed by atoms with E-state index in [1.165, 1.54) is 9.13 Å². The molecule has 1 unspecified atom stereocenters. The maximum atomic E-state index is 6.51. The number of fused-ring (bicyclic) bond motifs is 1. The molecule has 0 bridgehead atoms. The zero-order chi connectivity index (χ0) is 14.1. The number of para-hydroxylation sites is 1. The minimum atomic E-state index is -0.152. The molecule has 0 aliphatic carbocycles. The van der Waals surface area contributed by atoms with Crippen LogP contribution in [-0.2, 0) is 0 Å². The van der Waals surface area contributed by atoms with Crippen LogP contribution in [0.15, 0.2) is 54.7 Å². The molecule has 0 fully saturated rings. The van der Waals surface area contributed by atoms with Gasteiger partial charge >= 0.3 is 0 Å². The number of hydrogen-bond donors (Lipinski definition) is 1. The second-order valence-electron chi connectivity index (χ2n) is 4.88. The van der Waals surface area contributed by atoms with Gasteiger partial charge in [-0.1, -0.05) is 42.5 Å². The highest BCUT2D eigenvalue weighted by Crippen LogP contribution is 2.29. The molecule has 2 nitrogen and oxygen atoms in total. The van der Waals surface area contributed by atoms with E-state index in [-0.39, 0.29) is 6.04 Å². The highest BCUT2D eigenvalue weighted by Gasteiger charge is 2.16. The molecule has 20 heavy (non-hydrogen) atoms. The Morgan fingerprint density at radius 1 is 1.00 bits per heavy atom. The summed E-state index contributed by atoms with van der Waals surface area (Å²) in [6.07, 6.45) is 1.82. The number of aromatic nitrogens is 1. The van der Waals surface area contributed by atoms with Crippen molar-refractivity contribution in [3.63, 3.8) is 0 Å². The Balaban J connectivity index is 2.18. The molecular formula is C17H15IN2. The van der Waals surface area contributed by atoms with E-state index in [0.29, 0.717) is 0 Å². The zero-order valence-corrected chi connectivity index (χ0v) is 13.3. The molecule has 0 aliphatic heterocycles. The lowest BCUT2D eigenvalue weighted by molar-refractivity contribution is 0.868. The average Bonchev–Trinajstić information content (AvgIpc) is 2.49. The zero-order valence-electron chi connectivity index (χ0n) is 11.2. The van der Waals surface area contributed by atoms with Gasteiger partial charge in [0.05, 0.1) is 11.6 Å². The maximum Gasteiger partial charge on any atom is 0.0753 e. The molecule has 3 aromatic rings. The molecule has 0 radical (unpaired) electrons. The third-order valence-electron chi connectivity index (χ3n) is 3.56. The fraction of sp³-hybridized carbons (Fsp3) is 0.118. The Hall–Kier alpha value is -1.46. The molecular weight excluding hydrogens is 359 g/mol. The van der Waals surface area contributed by atoms with E-state index in [2.05, 4.69) is 70.9 Å². The van der Waals surface area contributed by atoms with Crippen LogP contribution in [0.3, 0.4) is 0 Å². The summed E-state index contributed by atoms with van der Waals surface area (Å²) in [7, 11) is 0. The van der Waals surface area contributed by atoms with Crippen LogP contribution < -0.4 is 5.73 Å². The van der Waals surface area contributed by atoms with Crippen LogP contribution in [0, 0.1) is 10.5 Å². The molecule has 2 aromatic carbocycles. The minimum Gasteiger partial charge on any atom is -0.320 e. The highest BCUT2D eigenvalue weighted by atomic mass is 127. The first kappa shape index (κ1) is 13.5. The van der Waals surface area contributed by atoms with E-state index >= 15 is 0 Å². The molecule has 1 heterocycles. The van der Waals surface area contributed by atoms with Crippen LogP contribution in [0.2, 0.25) is 0 Å². The monoisotopic (exact) mass is 374 g/mol. The number of pyridine rings is 1. The number of benzene rings is 2. The molecule has 1 atom stereocenters. The van der Waals surface area contributed by atoms with Crippen LogP contribution in [0.25, 0.3) is 10.9 Å². The van der Waals surface area contributed by atoms with Crippen molar-refractivity contribution in [3.8, 4) is 0 Å². The van der Waals surface area contributed by atoms with Crippen molar-refractivity contribution in [2.45, 2.75) is 13.0 Å². The minimum absolute atomic E-state index is 0.152. The van der Waals surface area contributed by atoms with Gasteiger partial charge in [-0.15, -0.1) is 0 Å². The first-order valence-electron chi connectivity index (χ1n) is 6.52. The lowest BCUT2D eigenvalue weighted by Gasteiger charge is -2.17. The van der Waals surface area contributed by atoms with E-state index in [0.717, 1.165) is 22.0 Å². The van der Waals surface area contributed by atoms with Crippen LogP contribution in [-0.4, -0.2) is 4.98 Å². The van der Waals surface area contributed by atoms with Crippen LogP contribution >= 0.6 is 22.6 Å². The summed E-state index contributed by atoms with van der Waals surface area (Å²) in [5, 5.41) is 1.13. The summed E-state index contributed by atoms with van der Waals surface area (Å²) in [5.41, 5.74) is 11.0. The summed E-state index contributed by atoms with van der Waals surface area (Å²) in [6, 6.07) is 16.3. The largest absolute Gasteiger partial charge is 0.320 e. The molecule has 3 heteroatoms. The third-order valence-corrected chi connectivity index (χ3v) is 5.03. The average molecular weight is 374 g/mol. The van der Waals surface area contributed by atoms with E-state index < -0.39 is 0 Å². The quantitative estimate of drug-likeness (QED) is 0.683. The molecule has 0 amide bonds. The first-order chi connectivity index (χ1) is 9.68. The third kappa shape index (κ3) is 2.31. The summed E-state index contributed by atoms with van der Waals surface area (Å²) < 4.78 is 1.23. The Morgan fingerprint density at radius 3 is 2.55 bits per heavy atom. The molecule has 3 rings (SSSR count). The Kier molecular flexibility index (Phi) is 3.72. The van der Waals surface area contributed by atoms with Gasteiger partial charge in [-0.25, -0.2) is 0 Å². The van der Waals surface area contributed by atoms with Gasteiger partial charge in [0.2, 0.25) is 0 Å². The Bertz CT molecular complexity index is 763. The van der Waals surface area contributed by atoms with Crippen molar-refractivity contribution in [2.24, 2.45) is 5.73 Å². The number of nitrogens with zero attached hydrogens (tertiary/aromatic N) is 1. The smallest absolute Gasteiger partial charge is 0.0753 e. The van der Waals surface area contributed by atoms with Crippen LogP contribution in [0.4, 0.5) is 0 Å². The Labute approximate surface area is 132 Å². The standard InChI is InChI=1S/C17H15IN2/c1-11-5-2-8-13(15(11)18)16(19)14-9-3-6-12-7-4-10-20-17(12)14/h2-10,16H,19H2,1H3. The van der Waals surface area contributed by atoms with Gasteiger partial charge in [0.1, 0.15) is 0 Å². The van der Waals surface area contributed by atoms with Gasteiger partial charge in [0, 0.05) is 15.2 Å². The molecule has 0 saturated heterocycles. The number of hydrogen-bond acceptors (Lipinski definition) is 2. The van der Waals surface area contributed by atoms with Gasteiger partial charge < -0.3 is 5.73 Å². The van der Waals surface area contributed by atoms with Gasteiger partial charge in [0.15, 0.2) is 0 Å². The summed E-state index contributed by atoms with van der Waals surface area (Å²) in [5.74, 6) is 0. The number of halogens is 1. The number of rotatable bonds is 2. The van der Waals surface area contributed by atoms with Gasteiger partial charge in [-0.3, -0.25) is 4.98 Å². The van der Waals surface area contributed by atoms with Gasteiger partial charge in [0.25, 0.3) is 0 Å². The predicted octanol–water partition coefficient (Wildman–Crippen LogP) is 4.20. The number of nitrogens with two attached hydrogens (primary N) is 1. The molecule has 2 N–H and O–H groups in total. The van der Waals surface area contributed by atoms with Crippen LogP contribution in [0.5, 0.6) is 0 Å². The topological polar surface area (TPSA) is 38.9 Å². The van der Waals surface area contributed by atoms with E-state index in [9.17, 15) is 0 Å². The van der Waals surface area contributed by atoms with Crippen LogP contribution in [0.1, 0.15) is 22.7 Å². The Morgan fingerprint density at radius 2 is 1.70 bits per heavy atom. The lowest BCUT2D eigenvalue weighted by Crippen LogP contribution is -2.14. The molecule has 100 valence electrons. The summed E-state index contributed by atoms with van der Waals surface area (Å²) in [6.45, 7) is 2.11. The second-order valence-corrected chi connectivity index (χ2v) is 5.96. The van der Waals surface area contributed by atoms with Crippen molar-refractivity contribution >= 4 is 33.5 Å². The first-order valence-corrected chi connectivity index (χ1v) is 7.60. The SMILES string of the molecule is Cc1cccc(C(N)c2cccc3cccnc23)c1I. The fourth-order valence-electron chi connectivity index (χ4n) is 2.46. The normalized spacial score (nSPS) is 12.6. The van der Waals surface area contributed by atoms with E-state index in [4.69, 9.17) is 5.73 Å². The van der Waals surface area contributed by atoms with E-state index in [1.807, 2.05) is 18.3 Å². The number of aryl methyl sites for hydroxylation is 1. The fourth-order valence-corrected chi connectivity index (χ4v) is 3.15. The summed E-state index contributed by atoms with van der Waals surface area (Å²) in [4.78, 5) is 4.50. The van der Waals surface area contributed by atoms with Gasteiger partial charge in [-0.2, -0.15) is 0 Å². The van der Waals surface area contributed by atoms with Crippen molar-refractivity contribution in [2.75, 3.05) is 0 Å². The second kappa shape index (κ2) is 5.50. The predicted molar refractivity (Wildman–Crippen MR) is 91.7 cm³/mol. The molecule has 0 saturated carbocycles. The van der Waals surface area contributed by atoms with Crippen molar-refractivity contribution in [1.29, 1.82) is 0 Å². The van der Waals surface area contributed by atoms with Gasteiger partial charge in [-0.05, 0) is 52.3 Å². The maximum absolute atomic E-state index is 6.51.